The van der Waals surface area contributed by atoms with Crippen molar-refractivity contribution in [1.82, 2.24) is 10.2 Å². The van der Waals surface area contributed by atoms with Crippen molar-refractivity contribution in [3.8, 4) is 0 Å². The summed E-state index contributed by atoms with van der Waals surface area (Å²) in [6, 6.07) is 4.03. The molecule has 0 unspecified atom stereocenters. The predicted molar refractivity (Wildman–Crippen MR) is 91.3 cm³/mol. The van der Waals surface area contributed by atoms with E-state index in [1.54, 1.807) is 24.0 Å². The van der Waals surface area contributed by atoms with E-state index in [0.717, 1.165) is 38.4 Å². The number of allylic oxidation sites excluding steroid dienone is 1. The molecular formula is C19H28N2O2. The first-order valence-corrected chi connectivity index (χ1v) is 8.88. The third-order valence-electron chi connectivity index (χ3n) is 5.50. The van der Waals surface area contributed by atoms with E-state index in [9.17, 15) is 4.79 Å². The zero-order valence-corrected chi connectivity index (χ0v) is 14.3. The number of furan rings is 1. The minimum absolute atomic E-state index is 0.0214. The van der Waals surface area contributed by atoms with E-state index in [0.29, 0.717) is 17.7 Å². The highest BCUT2D eigenvalue weighted by Crippen LogP contribution is 2.29. The van der Waals surface area contributed by atoms with Crippen molar-refractivity contribution in [1.29, 1.82) is 0 Å². The number of hydrogen-bond acceptors (Lipinski definition) is 3. The zero-order valence-electron chi connectivity index (χ0n) is 14.3. The molecule has 1 saturated heterocycles. The van der Waals surface area contributed by atoms with Gasteiger partial charge in [-0.3, -0.25) is 4.79 Å². The van der Waals surface area contributed by atoms with Gasteiger partial charge >= 0.3 is 0 Å². The van der Waals surface area contributed by atoms with Crippen LogP contribution in [0.3, 0.4) is 0 Å². The van der Waals surface area contributed by atoms with Gasteiger partial charge in [-0.15, -0.1) is 0 Å². The van der Waals surface area contributed by atoms with Gasteiger partial charge in [-0.1, -0.05) is 18.6 Å². The maximum atomic E-state index is 12.3. The molecule has 23 heavy (non-hydrogen) atoms. The summed E-state index contributed by atoms with van der Waals surface area (Å²) in [5, 5.41) is 3.74. The van der Waals surface area contributed by atoms with E-state index in [2.05, 4.69) is 25.2 Å². The summed E-state index contributed by atoms with van der Waals surface area (Å²) in [6.07, 6.45) is 8.54. The maximum Gasteiger partial charge on any atom is 0.289 e. The first-order chi connectivity index (χ1) is 11.1. The van der Waals surface area contributed by atoms with Crippen LogP contribution >= 0.6 is 0 Å². The van der Waals surface area contributed by atoms with E-state index >= 15 is 0 Å². The van der Waals surface area contributed by atoms with E-state index in [1.165, 1.54) is 12.8 Å². The molecular weight excluding hydrogens is 288 g/mol. The van der Waals surface area contributed by atoms with Gasteiger partial charge in [-0.05, 0) is 56.6 Å². The number of carbonyl (C=O) groups excluding carboxylic acids is 1. The van der Waals surface area contributed by atoms with Crippen LogP contribution in [0.5, 0.6) is 0 Å². The van der Waals surface area contributed by atoms with E-state index in [-0.39, 0.29) is 5.91 Å². The minimum Gasteiger partial charge on any atom is -0.459 e. The molecule has 4 heteroatoms. The molecule has 0 saturated carbocycles. The Balaban J connectivity index is 1.45. The van der Waals surface area contributed by atoms with Gasteiger partial charge in [0.25, 0.3) is 5.91 Å². The standard InChI is InChI=1S/C19H28N2O2/c1-14-5-3-6-15(2)17(14)13-20-16-8-10-21(11-9-16)19(22)18-7-4-12-23-18/h4-5,7,12,15-17,20H,3,6,8-11,13H2,1-2H3/t15-,17+/m1/s1. The van der Waals surface area contributed by atoms with Crippen LogP contribution in [0.15, 0.2) is 34.5 Å². The molecule has 1 amide bonds. The summed E-state index contributed by atoms with van der Waals surface area (Å²) in [5.74, 6) is 1.92. The molecule has 4 nitrogen and oxygen atoms in total. The van der Waals surface area contributed by atoms with Crippen molar-refractivity contribution in [2.75, 3.05) is 19.6 Å². The molecule has 2 aliphatic rings. The minimum atomic E-state index is 0.0214. The SMILES string of the molecule is CC1=CCC[C@@H](C)[C@H]1CNC1CCN(C(=O)c2ccco2)CC1. The van der Waals surface area contributed by atoms with Crippen LogP contribution in [0.4, 0.5) is 0 Å². The van der Waals surface area contributed by atoms with Crippen LogP contribution in [0.25, 0.3) is 0 Å². The van der Waals surface area contributed by atoms with Gasteiger partial charge in [0.1, 0.15) is 0 Å². The van der Waals surface area contributed by atoms with Crippen molar-refractivity contribution in [3.63, 3.8) is 0 Å². The number of amides is 1. The fourth-order valence-corrected chi connectivity index (χ4v) is 3.87. The van der Waals surface area contributed by atoms with E-state index in [1.807, 2.05) is 4.90 Å². The summed E-state index contributed by atoms with van der Waals surface area (Å²) >= 11 is 0. The first-order valence-electron chi connectivity index (χ1n) is 8.88. The van der Waals surface area contributed by atoms with Crippen LogP contribution in [0, 0.1) is 11.8 Å². The van der Waals surface area contributed by atoms with Gasteiger partial charge in [0, 0.05) is 25.7 Å². The summed E-state index contributed by atoms with van der Waals surface area (Å²) < 4.78 is 5.21. The van der Waals surface area contributed by atoms with Crippen LogP contribution in [0.2, 0.25) is 0 Å². The topological polar surface area (TPSA) is 45.5 Å². The molecule has 2 atom stereocenters. The molecule has 3 rings (SSSR count). The average molecular weight is 316 g/mol. The largest absolute Gasteiger partial charge is 0.459 e. The lowest BCUT2D eigenvalue weighted by molar-refractivity contribution is 0.0671. The fraction of sp³-hybridized carbons (Fsp3) is 0.632. The Kier molecular flexibility index (Phi) is 5.21. The van der Waals surface area contributed by atoms with E-state index < -0.39 is 0 Å². The maximum absolute atomic E-state index is 12.3. The Bertz CT molecular complexity index is 542. The monoisotopic (exact) mass is 316 g/mol. The summed E-state index contributed by atoms with van der Waals surface area (Å²) in [7, 11) is 0. The Hall–Kier alpha value is -1.55. The third-order valence-corrected chi connectivity index (χ3v) is 5.50. The molecule has 0 spiro atoms. The average Bonchev–Trinajstić information content (AvgIpc) is 3.09. The van der Waals surface area contributed by atoms with Gasteiger partial charge in [0.2, 0.25) is 0 Å². The van der Waals surface area contributed by atoms with Crippen molar-refractivity contribution in [3.05, 3.63) is 35.8 Å². The molecule has 1 aliphatic carbocycles. The molecule has 1 aliphatic heterocycles. The highest BCUT2D eigenvalue weighted by Gasteiger charge is 2.27. The molecule has 1 fully saturated rings. The molecule has 2 heterocycles. The summed E-state index contributed by atoms with van der Waals surface area (Å²) in [4.78, 5) is 14.2. The highest BCUT2D eigenvalue weighted by atomic mass is 16.3. The number of piperidine rings is 1. The van der Waals surface area contributed by atoms with Crippen molar-refractivity contribution >= 4 is 5.91 Å². The van der Waals surface area contributed by atoms with Crippen LogP contribution in [-0.4, -0.2) is 36.5 Å². The van der Waals surface area contributed by atoms with Crippen molar-refractivity contribution < 1.29 is 9.21 Å². The van der Waals surface area contributed by atoms with Crippen molar-refractivity contribution in [2.24, 2.45) is 11.8 Å². The number of hydrogen-bond donors (Lipinski definition) is 1. The van der Waals surface area contributed by atoms with E-state index in [4.69, 9.17) is 4.42 Å². The fourth-order valence-electron chi connectivity index (χ4n) is 3.87. The molecule has 0 aromatic carbocycles. The molecule has 1 aromatic heterocycles. The molecule has 0 bridgehead atoms. The number of nitrogens with zero attached hydrogens (tertiary/aromatic N) is 1. The van der Waals surface area contributed by atoms with Gasteiger partial charge in [-0.2, -0.15) is 0 Å². The van der Waals surface area contributed by atoms with Gasteiger partial charge in [0.05, 0.1) is 6.26 Å². The van der Waals surface area contributed by atoms with Crippen molar-refractivity contribution in [2.45, 2.75) is 45.6 Å². The van der Waals surface area contributed by atoms with Gasteiger partial charge in [0.15, 0.2) is 5.76 Å². The number of rotatable bonds is 4. The quantitative estimate of drug-likeness (QED) is 0.865. The van der Waals surface area contributed by atoms with Crippen LogP contribution in [0.1, 0.15) is 50.1 Å². The second-order valence-electron chi connectivity index (χ2n) is 7.06. The van der Waals surface area contributed by atoms with Gasteiger partial charge in [-0.25, -0.2) is 0 Å². The second-order valence-corrected chi connectivity index (χ2v) is 7.06. The third kappa shape index (κ3) is 3.86. The Morgan fingerprint density at radius 1 is 1.35 bits per heavy atom. The molecule has 1 aromatic rings. The zero-order chi connectivity index (χ0) is 16.2. The number of carbonyl (C=O) groups is 1. The lowest BCUT2D eigenvalue weighted by Gasteiger charge is -2.35. The molecule has 1 N–H and O–H groups in total. The van der Waals surface area contributed by atoms with Crippen LogP contribution in [-0.2, 0) is 0 Å². The lowest BCUT2D eigenvalue weighted by atomic mass is 9.80. The Morgan fingerprint density at radius 2 is 2.13 bits per heavy atom. The number of likely N-dealkylation sites (tertiary alicyclic amines) is 1. The first kappa shape index (κ1) is 16.3. The van der Waals surface area contributed by atoms with Crippen LogP contribution < -0.4 is 5.32 Å². The Morgan fingerprint density at radius 3 is 2.78 bits per heavy atom. The number of nitrogens with one attached hydrogen (secondary N) is 1. The molecule has 0 radical (unpaired) electrons. The smallest absolute Gasteiger partial charge is 0.289 e. The molecule has 126 valence electrons. The second kappa shape index (κ2) is 7.35. The predicted octanol–water partition coefficient (Wildman–Crippen LogP) is 3.47. The normalized spacial score (nSPS) is 26.2. The Labute approximate surface area is 138 Å². The highest BCUT2D eigenvalue weighted by molar-refractivity contribution is 5.91. The summed E-state index contributed by atoms with van der Waals surface area (Å²) in [6.45, 7) is 7.33. The van der Waals surface area contributed by atoms with Gasteiger partial charge < -0.3 is 14.6 Å². The summed E-state index contributed by atoms with van der Waals surface area (Å²) in [5.41, 5.74) is 1.54. The lowest BCUT2D eigenvalue weighted by Crippen LogP contribution is -2.46.